The Morgan fingerprint density at radius 2 is 1.75 bits per heavy atom. The van der Waals surface area contributed by atoms with Crippen molar-refractivity contribution in [3.8, 4) is 0 Å². The van der Waals surface area contributed by atoms with Gasteiger partial charge >= 0.3 is 0 Å². The fourth-order valence-corrected chi connectivity index (χ4v) is 3.91. The molecule has 0 atom stereocenters. The molecule has 4 rings (SSSR count). The number of rotatable bonds is 6. The molecule has 32 heavy (non-hydrogen) atoms. The minimum atomic E-state index is -0.557. The first-order valence-electron chi connectivity index (χ1n) is 10.3. The largest absolute Gasteiger partial charge is 0.367 e. The van der Waals surface area contributed by atoms with Crippen LogP contribution in [-0.2, 0) is 9.59 Å². The number of nitrogens with one attached hydrogen (secondary N) is 1. The maximum atomic E-state index is 13.1. The predicted octanol–water partition coefficient (Wildman–Crippen LogP) is 4.06. The summed E-state index contributed by atoms with van der Waals surface area (Å²) in [5.74, 6) is -1.07. The van der Waals surface area contributed by atoms with Gasteiger partial charge in [0.25, 0.3) is 17.5 Å². The number of nitro benzene ring substituents is 1. The van der Waals surface area contributed by atoms with E-state index in [1.807, 2.05) is 55.1 Å². The van der Waals surface area contributed by atoms with Crippen molar-refractivity contribution >= 4 is 45.7 Å². The van der Waals surface area contributed by atoms with Gasteiger partial charge in [-0.1, -0.05) is 42.5 Å². The second-order valence-corrected chi connectivity index (χ2v) is 7.32. The van der Waals surface area contributed by atoms with Crippen LogP contribution in [0.25, 0.3) is 16.8 Å². The predicted molar refractivity (Wildman–Crippen MR) is 124 cm³/mol. The minimum Gasteiger partial charge on any atom is -0.367 e. The first-order valence-corrected chi connectivity index (χ1v) is 10.3. The Balaban J connectivity index is 1.72. The molecule has 0 aromatic heterocycles. The second-order valence-electron chi connectivity index (χ2n) is 7.32. The van der Waals surface area contributed by atoms with E-state index in [4.69, 9.17) is 0 Å². The Kier molecular flexibility index (Phi) is 5.59. The molecule has 162 valence electrons. The smallest absolute Gasteiger partial charge is 0.293 e. The summed E-state index contributed by atoms with van der Waals surface area (Å²) in [7, 11) is 0. The van der Waals surface area contributed by atoms with E-state index in [9.17, 15) is 19.7 Å². The molecule has 8 nitrogen and oxygen atoms in total. The molecule has 1 heterocycles. The Bertz CT molecular complexity index is 1260. The lowest BCUT2D eigenvalue weighted by molar-refractivity contribution is -0.384. The van der Waals surface area contributed by atoms with Gasteiger partial charge in [-0.2, -0.15) is 0 Å². The number of anilines is 2. The molecule has 1 aliphatic heterocycles. The van der Waals surface area contributed by atoms with Gasteiger partial charge in [-0.15, -0.1) is 0 Å². The summed E-state index contributed by atoms with van der Waals surface area (Å²) in [5, 5.41) is 14.6. The highest BCUT2D eigenvalue weighted by Crippen LogP contribution is 2.32. The van der Waals surface area contributed by atoms with E-state index in [2.05, 4.69) is 5.43 Å². The van der Waals surface area contributed by atoms with Gasteiger partial charge in [-0.25, -0.2) is 5.01 Å². The molecule has 0 radical (unpaired) electrons. The van der Waals surface area contributed by atoms with Crippen molar-refractivity contribution in [3.63, 3.8) is 0 Å². The van der Waals surface area contributed by atoms with E-state index in [1.54, 1.807) is 18.2 Å². The third kappa shape index (κ3) is 3.66. The Hall–Kier alpha value is -4.20. The highest BCUT2D eigenvalue weighted by atomic mass is 16.6. The fourth-order valence-electron chi connectivity index (χ4n) is 3.91. The molecule has 0 bridgehead atoms. The molecule has 1 aliphatic rings. The summed E-state index contributed by atoms with van der Waals surface area (Å²) in [6.45, 7) is 5.09. The second kappa shape index (κ2) is 8.50. The number of nitrogens with zero attached hydrogens (tertiary/aromatic N) is 3. The number of carbonyl (C=O) groups excluding carboxylic acids is 2. The lowest BCUT2D eigenvalue weighted by atomic mass is 10.1. The summed E-state index contributed by atoms with van der Waals surface area (Å²) in [5.41, 5.74) is 3.92. The Labute approximate surface area is 184 Å². The molecule has 0 saturated carbocycles. The van der Waals surface area contributed by atoms with Crippen molar-refractivity contribution in [2.24, 2.45) is 0 Å². The summed E-state index contributed by atoms with van der Waals surface area (Å²) in [4.78, 5) is 38.8. The quantitative estimate of drug-likeness (QED) is 0.275. The van der Waals surface area contributed by atoms with Gasteiger partial charge in [-0.3, -0.25) is 25.1 Å². The topological polar surface area (TPSA) is 95.8 Å². The minimum absolute atomic E-state index is 0.0696. The molecule has 0 spiro atoms. The van der Waals surface area contributed by atoms with Gasteiger partial charge in [0.2, 0.25) is 0 Å². The van der Waals surface area contributed by atoms with Crippen molar-refractivity contribution in [3.05, 3.63) is 81.9 Å². The zero-order chi connectivity index (χ0) is 22.8. The van der Waals surface area contributed by atoms with E-state index < -0.39 is 16.7 Å². The van der Waals surface area contributed by atoms with Crippen molar-refractivity contribution in [2.75, 3.05) is 23.0 Å². The number of hydrazine groups is 1. The highest BCUT2D eigenvalue weighted by molar-refractivity contribution is 6.32. The average Bonchev–Trinajstić information content (AvgIpc) is 3.08. The van der Waals surface area contributed by atoms with Crippen LogP contribution in [0.15, 0.2) is 66.2 Å². The molecule has 2 amide bonds. The van der Waals surface area contributed by atoms with Crippen molar-refractivity contribution < 1.29 is 14.5 Å². The lowest BCUT2D eigenvalue weighted by Crippen LogP contribution is -2.35. The number of hydrogen-bond acceptors (Lipinski definition) is 5. The van der Waals surface area contributed by atoms with Crippen molar-refractivity contribution in [1.29, 1.82) is 0 Å². The molecule has 8 heteroatoms. The Morgan fingerprint density at radius 1 is 1.03 bits per heavy atom. The first-order chi connectivity index (χ1) is 15.4. The summed E-state index contributed by atoms with van der Waals surface area (Å²) in [6.07, 6.45) is 1.39. The van der Waals surface area contributed by atoms with Gasteiger partial charge in [-0.05, 0) is 43.0 Å². The third-order valence-electron chi connectivity index (χ3n) is 5.51. The van der Waals surface area contributed by atoms with Crippen molar-refractivity contribution in [1.82, 2.24) is 5.43 Å². The van der Waals surface area contributed by atoms with Crippen LogP contribution in [0.4, 0.5) is 17.1 Å². The number of nitro groups is 1. The number of fused-ring (bicyclic) bond motifs is 1. The van der Waals surface area contributed by atoms with E-state index in [1.165, 1.54) is 17.2 Å². The standard InChI is InChI=1S/C24H22N4O4/c1-3-26(4-2)21-13-12-16(15-22(21)28(31)32)14-19-23(29)25-27(24(19)30)20-11-7-9-17-8-5-6-10-18(17)20/h5-15H,3-4H2,1-2H3,(H,25,29). The molecule has 3 aromatic rings. The van der Waals surface area contributed by atoms with Crippen LogP contribution in [0.2, 0.25) is 0 Å². The van der Waals surface area contributed by atoms with Gasteiger partial charge in [0, 0.05) is 24.5 Å². The number of hydrogen-bond donors (Lipinski definition) is 1. The maximum Gasteiger partial charge on any atom is 0.293 e. The summed E-state index contributed by atoms with van der Waals surface area (Å²) in [6, 6.07) is 17.8. The number of carbonyl (C=O) groups is 2. The summed E-state index contributed by atoms with van der Waals surface area (Å²) >= 11 is 0. The number of amides is 2. The van der Waals surface area contributed by atoms with E-state index in [0.717, 1.165) is 10.8 Å². The SMILES string of the molecule is CCN(CC)c1ccc(C=C2C(=O)NN(c3cccc4ccccc34)C2=O)cc1[N+](=O)[O-]. The van der Waals surface area contributed by atoms with Crippen LogP contribution in [0.1, 0.15) is 19.4 Å². The molecule has 1 N–H and O–H groups in total. The van der Waals surface area contributed by atoms with Crippen LogP contribution in [0.5, 0.6) is 0 Å². The van der Waals surface area contributed by atoms with Crippen LogP contribution >= 0.6 is 0 Å². The molecule has 3 aromatic carbocycles. The van der Waals surface area contributed by atoms with Gasteiger partial charge < -0.3 is 4.90 Å². The highest BCUT2D eigenvalue weighted by Gasteiger charge is 2.35. The lowest BCUT2D eigenvalue weighted by Gasteiger charge is -2.20. The fraction of sp³-hybridized carbons (Fsp3) is 0.167. The van der Waals surface area contributed by atoms with E-state index >= 15 is 0 Å². The molecule has 0 aliphatic carbocycles. The third-order valence-corrected chi connectivity index (χ3v) is 5.51. The Morgan fingerprint density at radius 3 is 2.47 bits per heavy atom. The van der Waals surface area contributed by atoms with Crippen LogP contribution in [0.3, 0.4) is 0 Å². The van der Waals surface area contributed by atoms with Gasteiger partial charge in [0.15, 0.2) is 0 Å². The normalized spacial score (nSPS) is 14.8. The molecular weight excluding hydrogens is 408 g/mol. The van der Waals surface area contributed by atoms with Crippen LogP contribution in [-0.4, -0.2) is 29.8 Å². The van der Waals surface area contributed by atoms with Crippen LogP contribution < -0.4 is 15.3 Å². The van der Waals surface area contributed by atoms with Crippen LogP contribution in [0, 0.1) is 10.1 Å². The first kappa shape index (κ1) is 21.0. The van der Waals surface area contributed by atoms with Gasteiger partial charge in [0.05, 0.1) is 10.6 Å². The summed E-state index contributed by atoms with van der Waals surface area (Å²) < 4.78 is 0. The van der Waals surface area contributed by atoms with Gasteiger partial charge in [0.1, 0.15) is 11.3 Å². The molecule has 1 saturated heterocycles. The van der Waals surface area contributed by atoms with Crippen molar-refractivity contribution in [2.45, 2.75) is 13.8 Å². The zero-order valence-corrected chi connectivity index (χ0v) is 17.7. The molecule has 1 fully saturated rings. The average molecular weight is 430 g/mol. The molecular formula is C24H22N4O4. The monoisotopic (exact) mass is 430 g/mol. The molecule has 0 unspecified atom stereocenters. The maximum absolute atomic E-state index is 13.1. The zero-order valence-electron chi connectivity index (χ0n) is 17.7. The number of benzene rings is 3. The van der Waals surface area contributed by atoms with E-state index in [-0.39, 0.29) is 11.3 Å². The van der Waals surface area contributed by atoms with E-state index in [0.29, 0.717) is 30.0 Å².